The van der Waals surface area contributed by atoms with Crippen molar-refractivity contribution >= 4 is 5.69 Å². The predicted molar refractivity (Wildman–Crippen MR) is 79.0 cm³/mol. The number of benzene rings is 1. The molecule has 1 aromatic carbocycles. The lowest BCUT2D eigenvalue weighted by Crippen LogP contribution is -2.39. The van der Waals surface area contributed by atoms with E-state index in [1.807, 2.05) is 0 Å². The van der Waals surface area contributed by atoms with Crippen LogP contribution in [0.1, 0.15) is 32.3 Å². The molecule has 1 aliphatic heterocycles. The first-order chi connectivity index (χ1) is 9.51. The molecular formula is C16H24F2N2. The third kappa shape index (κ3) is 3.48. The topological polar surface area (TPSA) is 15.3 Å². The summed E-state index contributed by atoms with van der Waals surface area (Å²) in [5.41, 5.74) is 0.621. The molecule has 1 N–H and O–H groups in total. The number of nitrogens with one attached hydrogen (secondary N) is 1. The predicted octanol–water partition coefficient (Wildman–Crippen LogP) is 3.81. The molecule has 1 fully saturated rings. The van der Waals surface area contributed by atoms with E-state index < -0.39 is 0 Å². The molecule has 1 saturated heterocycles. The number of likely N-dealkylation sites (tertiary alicyclic amines) is 1. The molecule has 1 heterocycles. The van der Waals surface area contributed by atoms with Gasteiger partial charge in [-0.3, -0.25) is 0 Å². The largest absolute Gasteiger partial charge is 0.380 e. The van der Waals surface area contributed by atoms with Crippen LogP contribution in [0.15, 0.2) is 12.1 Å². The van der Waals surface area contributed by atoms with Crippen LogP contribution in [0.3, 0.4) is 0 Å². The molecule has 0 radical (unpaired) electrons. The first-order valence-electron chi connectivity index (χ1n) is 7.45. The first kappa shape index (κ1) is 15.2. The van der Waals surface area contributed by atoms with Crippen LogP contribution in [0.25, 0.3) is 0 Å². The molecule has 112 valence electrons. The molecule has 1 unspecified atom stereocenters. The SMILES string of the molecule is CCN1CCC(C(C)Nc2cc(F)c(C)cc2F)CC1. The monoisotopic (exact) mass is 282 g/mol. The average molecular weight is 282 g/mol. The summed E-state index contributed by atoms with van der Waals surface area (Å²) in [5.74, 6) is -0.217. The minimum Gasteiger partial charge on any atom is -0.380 e. The molecule has 0 aromatic heterocycles. The molecule has 2 nitrogen and oxygen atoms in total. The van der Waals surface area contributed by atoms with E-state index in [4.69, 9.17) is 0 Å². The van der Waals surface area contributed by atoms with Gasteiger partial charge in [-0.1, -0.05) is 6.92 Å². The molecule has 0 spiro atoms. The number of nitrogens with zero attached hydrogens (tertiary/aromatic N) is 1. The fourth-order valence-electron chi connectivity index (χ4n) is 2.89. The Balaban J connectivity index is 1.98. The van der Waals surface area contributed by atoms with Crippen LogP contribution in [0.4, 0.5) is 14.5 Å². The Labute approximate surface area is 120 Å². The number of hydrogen-bond acceptors (Lipinski definition) is 2. The molecule has 0 bridgehead atoms. The van der Waals surface area contributed by atoms with Crippen LogP contribution >= 0.6 is 0 Å². The van der Waals surface area contributed by atoms with Gasteiger partial charge in [0.1, 0.15) is 11.6 Å². The van der Waals surface area contributed by atoms with E-state index in [2.05, 4.69) is 24.1 Å². The zero-order valence-electron chi connectivity index (χ0n) is 12.5. The van der Waals surface area contributed by atoms with Crippen molar-refractivity contribution in [2.45, 2.75) is 39.7 Å². The first-order valence-corrected chi connectivity index (χ1v) is 7.45. The highest BCUT2D eigenvalue weighted by atomic mass is 19.1. The van der Waals surface area contributed by atoms with E-state index in [0.29, 0.717) is 11.5 Å². The Morgan fingerprint density at radius 3 is 2.50 bits per heavy atom. The van der Waals surface area contributed by atoms with Gasteiger partial charge in [-0.2, -0.15) is 0 Å². The lowest BCUT2D eigenvalue weighted by atomic mass is 9.90. The minimum atomic E-state index is -0.373. The summed E-state index contributed by atoms with van der Waals surface area (Å²) in [5, 5.41) is 3.15. The van der Waals surface area contributed by atoms with Gasteiger partial charge in [-0.15, -0.1) is 0 Å². The van der Waals surface area contributed by atoms with Crippen molar-refractivity contribution in [1.82, 2.24) is 4.90 Å². The van der Waals surface area contributed by atoms with Gasteiger partial charge in [0.25, 0.3) is 0 Å². The van der Waals surface area contributed by atoms with Crippen LogP contribution in [0, 0.1) is 24.5 Å². The molecule has 1 aromatic rings. The summed E-state index contributed by atoms with van der Waals surface area (Å²) in [6.07, 6.45) is 2.22. The van der Waals surface area contributed by atoms with E-state index in [1.165, 1.54) is 12.1 Å². The number of hydrogen-bond donors (Lipinski definition) is 1. The maximum Gasteiger partial charge on any atom is 0.146 e. The maximum atomic E-state index is 13.8. The van der Waals surface area contributed by atoms with Crippen molar-refractivity contribution in [2.24, 2.45) is 5.92 Å². The fourth-order valence-corrected chi connectivity index (χ4v) is 2.89. The van der Waals surface area contributed by atoms with Crippen LogP contribution in [0.5, 0.6) is 0 Å². The van der Waals surface area contributed by atoms with Crippen molar-refractivity contribution in [2.75, 3.05) is 25.0 Å². The molecule has 0 saturated carbocycles. The van der Waals surface area contributed by atoms with Crippen LogP contribution in [0.2, 0.25) is 0 Å². The van der Waals surface area contributed by atoms with E-state index in [1.54, 1.807) is 6.92 Å². The van der Waals surface area contributed by atoms with Crippen molar-refractivity contribution in [3.8, 4) is 0 Å². The number of rotatable bonds is 4. The normalized spacial score (nSPS) is 19.1. The van der Waals surface area contributed by atoms with Crippen molar-refractivity contribution < 1.29 is 8.78 Å². The summed E-state index contributed by atoms with van der Waals surface area (Å²) in [7, 11) is 0. The quantitative estimate of drug-likeness (QED) is 0.903. The number of aryl methyl sites for hydroxylation is 1. The zero-order valence-corrected chi connectivity index (χ0v) is 12.5. The van der Waals surface area contributed by atoms with E-state index >= 15 is 0 Å². The molecule has 20 heavy (non-hydrogen) atoms. The molecule has 0 aliphatic carbocycles. The van der Waals surface area contributed by atoms with Gasteiger partial charge in [-0.05, 0) is 63.9 Å². The molecule has 2 rings (SSSR count). The van der Waals surface area contributed by atoms with Crippen LogP contribution in [-0.2, 0) is 0 Å². The highest BCUT2D eigenvalue weighted by Crippen LogP contribution is 2.25. The number of halogens is 2. The van der Waals surface area contributed by atoms with Crippen LogP contribution < -0.4 is 5.32 Å². The lowest BCUT2D eigenvalue weighted by molar-refractivity contribution is 0.183. The Morgan fingerprint density at radius 2 is 1.90 bits per heavy atom. The summed E-state index contributed by atoms with van der Waals surface area (Å²) >= 11 is 0. The van der Waals surface area contributed by atoms with Gasteiger partial charge >= 0.3 is 0 Å². The van der Waals surface area contributed by atoms with E-state index in [-0.39, 0.29) is 23.4 Å². The standard InChI is InChI=1S/C16H24F2N2/c1-4-20-7-5-13(6-8-20)12(3)19-16-10-14(17)11(2)9-15(16)18/h9-10,12-13,19H,4-8H2,1-3H3. The van der Waals surface area contributed by atoms with Gasteiger partial charge < -0.3 is 10.2 Å². The van der Waals surface area contributed by atoms with Crippen LogP contribution in [-0.4, -0.2) is 30.6 Å². The molecule has 1 aliphatic rings. The van der Waals surface area contributed by atoms with E-state index in [9.17, 15) is 8.78 Å². The number of anilines is 1. The summed E-state index contributed by atoms with van der Waals surface area (Å²) < 4.78 is 27.4. The average Bonchev–Trinajstić information content (AvgIpc) is 2.44. The maximum absolute atomic E-state index is 13.8. The highest BCUT2D eigenvalue weighted by molar-refractivity contribution is 5.47. The highest BCUT2D eigenvalue weighted by Gasteiger charge is 2.23. The summed E-state index contributed by atoms with van der Waals surface area (Å²) in [4.78, 5) is 2.43. The van der Waals surface area contributed by atoms with Gasteiger partial charge in [0.15, 0.2) is 0 Å². The smallest absolute Gasteiger partial charge is 0.146 e. The third-order valence-corrected chi connectivity index (χ3v) is 4.42. The van der Waals surface area contributed by atoms with Gasteiger partial charge in [0.05, 0.1) is 5.69 Å². The van der Waals surface area contributed by atoms with Crippen molar-refractivity contribution in [3.63, 3.8) is 0 Å². The second kappa shape index (κ2) is 6.53. The molecular weight excluding hydrogens is 258 g/mol. The Bertz CT molecular complexity index is 454. The zero-order chi connectivity index (χ0) is 14.7. The number of piperidine rings is 1. The van der Waals surface area contributed by atoms with Crippen molar-refractivity contribution in [1.29, 1.82) is 0 Å². The van der Waals surface area contributed by atoms with Gasteiger partial charge in [-0.25, -0.2) is 8.78 Å². The molecule has 1 atom stereocenters. The third-order valence-electron chi connectivity index (χ3n) is 4.42. The van der Waals surface area contributed by atoms with Crippen molar-refractivity contribution in [3.05, 3.63) is 29.3 Å². The molecule has 0 amide bonds. The lowest BCUT2D eigenvalue weighted by Gasteiger charge is -2.35. The fraction of sp³-hybridized carbons (Fsp3) is 0.625. The molecule has 4 heteroatoms. The second-order valence-corrected chi connectivity index (χ2v) is 5.79. The summed E-state index contributed by atoms with van der Waals surface area (Å²) in [6, 6.07) is 2.68. The van der Waals surface area contributed by atoms with Gasteiger partial charge in [0, 0.05) is 12.1 Å². The Hall–Kier alpha value is -1.16. The Kier molecular flexibility index (Phi) is 4.97. The second-order valence-electron chi connectivity index (χ2n) is 5.79. The summed E-state index contributed by atoms with van der Waals surface area (Å²) in [6.45, 7) is 9.09. The minimum absolute atomic E-state index is 0.158. The van der Waals surface area contributed by atoms with Gasteiger partial charge in [0.2, 0.25) is 0 Å². The Morgan fingerprint density at radius 1 is 1.25 bits per heavy atom. The van der Waals surface area contributed by atoms with E-state index in [0.717, 1.165) is 32.5 Å².